The Balaban J connectivity index is 4.37. The molecule has 0 spiro atoms. The van der Waals surface area contributed by atoms with Gasteiger partial charge in [-0.2, -0.15) is 0 Å². The lowest BCUT2D eigenvalue weighted by molar-refractivity contribution is -0.150. The molecule has 1 unspecified atom stereocenters. The summed E-state index contributed by atoms with van der Waals surface area (Å²) in [5, 5.41) is 20.7. The summed E-state index contributed by atoms with van der Waals surface area (Å²) < 4.78 is 5.57. The van der Waals surface area contributed by atoms with Gasteiger partial charge in [-0.05, 0) is 19.3 Å². The summed E-state index contributed by atoms with van der Waals surface area (Å²) in [6, 6.07) is -1.19. The summed E-state index contributed by atoms with van der Waals surface area (Å²) in [6.07, 6.45) is 12.1. The minimum atomic E-state index is -1.22. The van der Waals surface area contributed by atoms with Crippen LogP contribution in [0.2, 0.25) is 0 Å². The maximum Gasteiger partial charge on any atom is 0.321 e. The van der Waals surface area contributed by atoms with Gasteiger partial charge in [-0.25, -0.2) is 0 Å². The quantitative estimate of drug-likeness (QED) is 0.198. The molecule has 0 bridgehead atoms. The maximum absolute atomic E-state index is 12.2. The highest BCUT2D eigenvalue weighted by Crippen LogP contribution is 2.12. The molecule has 0 heterocycles. The van der Waals surface area contributed by atoms with Gasteiger partial charge in [0.2, 0.25) is 0 Å². The van der Waals surface area contributed by atoms with E-state index in [1.807, 2.05) is 0 Å². The summed E-state index contributed by atoms with van der Waals surface area (Å²) in [6.45, 7) is 4.45. The van der Waals surface area contributed by atoms with Gasteiger partial charge in [-0.1, -0.05) is 71.6 Å². The fourth-order valence-electron chi connectivity index (χ4n) is 3.17. The molecule has 0 aliphatic carbocycles. The van der Waals surface area contributed by atoms with Crippen molar-refractivity contribution in [2.24, 2.45) is 0 Å². The molecule has 0 rings (SSSR count). The standard InChI is InChI=1S/C22H41NO6/c1-3-5-7-9-10-11-13-15-21(26)29-18(14-12-8-6-4-2)17-23-19(22(27)28)16-20(24)25/h18-19,23H,3-17H2,1-2H3,(H,24,25)(H,27,28)/t18?,19-/m1/s1. The summed E-state index contributed by atoms with van der Waals surface area (Å²) in [4.78, 5) is 34.2. The first-order valence-corrected chi connectivity index (χ1v) is 11.3. The van der Waals surface area contributed by atoms with E-state index in [4.69, 9.17) is 14.9 Å². The van der Waals surface area contributed by atoms with Crippen molar-refractivity contribution in [3.63, 3.8) is 0 Å². The smallest absolute Gasteiger partial charge is 0.321 e. The first-order valence-electron chi connectivity index (χ1n) is 11.3. The highest BCUT2D eigenvalue weighted by molar-refractivity contribution is 5.80. The lowest BCUT2D eigenvalue weighted by Gasteiger charge is -2.21. The van der Waals surface area contributed by atoms with Gasteiger partial charge in [0.15, 0.2) is 0 Å². The number of ether oxygens (including phenoxy) is 1. The van der Waals surface area contributed by atoms with Gasteiger partial charge in [0.1, 0.15) is 12.1 Å². The van der Waals surface area contributed by atoms with E-state index in [-0.39, 0.29) is 12.5 Å². The number of rotatable bonds is 20. The molecule has 0 radical (unpaired) electrons. The number of hydrogen-bond acceptors (Lipinski definition) is 5. The second kappa shape index (κ2) is 18.4. The summed E-state index contributed by atoms with van der Waals surface area (Å²) >= 11 is 0. The van der Waals surface area contributed by atoms with Crippen molar-refractivity contribution in [3.8, 4) is 0 Å². The largest absolute Gasteiger partial charge is 0.481 e. The lowest BCUT2D eigenvalue weighted by Crippen LogP contribution is -2.43. The second-order valence-electron chi connectivity index (χ2n) is 7.73. The summed E-state index contributed by atoms with van der Waals surface area (Å²) in [7, 11) is 0. The molecule has 0 aromatic rings. The average Bonchev–Trinajstić information content (AvgIpc) is 2.66. The third-order valence-corrected chi connectivity index (χ3v) is 4.93. The molecule has 0 amide bonds. The molecular formula is C22H41NO6. The van der Waals surface area contributed by atoms with Gasteiger partial charge in [-0.15, -0.1) is 0 Å². The average molecular weight is 416 g/mol. The fourth-order valence-corrected chi connectivity index (χ4v) is 3.17. The van der Waals surface area contributed by atoms with Crippen molar-refractivity contribution >= 4 is 17.9 Å². The van der Waals surface area contributed by atoms with Crippen LogP contribution in [-0.4, -0.2) is 46.8 Å². The van der Waals surface area contributed by atoms with Crippen molar-refractivity contribution < 1.29 is 29.3 Å². The van der Waals surface area contributed by atoms with Gasteiger partial charge in [0.05, 0.1) is 6.42 Å². The van der Waals surface area contributed by atoms with E-state index < -0.39 is 30.5 Å². The molecule has 7 nitrogen and oxygen atoms in total. The minimum Gasteiger partial charge on any atom is -0.481 e. The van der Waals surface area contributed by atoms with Gasteiger partial charge >= 0.3 is 17.9 Å². The second-order valence-corrected chi connectivity index (χ2v) is 7.73. The summed E-state index contributed by atoms with van der Waals surface area (Å²) in [5.74, 6) is -2.65. The third-order valence-electron chi connectivity index (χ3n) is 4.93. The van der Waals surface area contributed by atoms with Gasteiger partial charge in [0, 0.05) is 13.0 Å². The number of aliphatic carboxylic acids is 2. The Labute approximate surface area is 175 Å². The molecular weight excluding hydrogens is 374 g/mol. The molecule has 0 aromatic carbocycles. The highest BCUT2D eigenvalue weighted by atomic mass is 16.5. The monoisotopic (exact) mass is 415 g/mol. The van der Waals surface area contributed by atoms with E-state index >= 15 is 0 Å². The predicted molar refractivity (Wildman–Crippen MR) is 113 cm³/mol. The van der Waals surface area contributed by atoms with E-state index in [0.717, 1.165) is 44.9 Å². The van der Waals surface area contributed by atoms with E-state index in [2.05, 4.69) is 19.2 Å². The third kappa shape index (κ3) is 17.0. The van der Waals surface area contributed by atoms with Crippen LogP contribution in [0.1, 0.15) is 104 Å². The van der Waals surface area contributed by atoms with Crippen LogP contribution in [-0.2, 0) is 19.1 Å². The molecule has 7 heteroatoms. The Hall–Kier alpha value is -1.63. The van der Waals surface area contributed by atoms with Crippen LogP contribution in [0.5, 0.6) is 0 Å². The zero-order chi connectivity index (χ0) is 21.9. The van der Waals surface area contributed by atoms with Gasteiger partial charge < -0.3 is 20.3 Å². The highest BCUT2D eigenvalue weighted by Gasteiger charge is 2.23. The predicted octanol–water partition coefficient (Wildman–Crippen LogP) is 4.53. The molecule has 3 N–H and O–H groups in total. The van der Waals surface area contributed by atoms with Crippen molar-refractivity contribution in [1.29, 1.82) is 0 Å². The normalized spacial score (nSPS) is 13.0. The number of esters is 1. The van der Waals surface area contributed by atoms with Crippen LogP contribution in [0.3, 0.4) is 0 Å². The maximum atomic E-state index is 12.2. The molecule has 2 atom stereocenters. The number of carboxylic acid groups (broad SMARTS) is 2. The van der Waals surface area contributed by atoms with E-state index in [1.54, 1.807) is 0 Å². The van der Waals surface area contributed by atoms with Crippen LogP contribution in [0.15, 0.2) is 0 Å². The van der Waals surface area contributed by atoms with Crippen molar-refractivity contribution in [1.82, 2.24) is 5.32 Å². The minimum absolute atomic E-state index is 0.152. The Kier molecular flexibility index (Phi) is 17.4. The van der Waals surface area contributed by atoms with Crippen molar-refractivity contribution in [2.75, 3.05) is 6.54 Å². The Bertz CT molecular complexity index is 455. The van der Waals surface area contributed by atoms with Crippen LogP contribution in [0.4, 0.5) is 0 Å². The van der Waals surface area contributed by atoms with E-state index in [0.29, 0.717) is 12.8 Å². The molecule has 0 aromatic heterocycles. The van der Waals surface area contributed by atoms with E-state index in [1.165, 1.54) is 25.7 Å². The molecule has 0 aliphatic heterocycles. The first-order chi connectivity index (χ1) is 13.9. The molecule has 0 saturated heterocycles. The number of carbonyl (C=O) groups excluding carboxylic acids is 1. The lowest BCUT2D eigenvalue weighted by atomic mass is 10.1. The first kappa shape index (κ1) is 27.4. The van der Waals surface area contributed by atoms with Crippen LogP contribution >= 0.6 is 0 Å². The Morgan fingerprint density at radius 3 is 1.93 bits per heavy atom. The molecule has 0 fully saturated rings. The van der Waals surface area contributed by atoms with Crippen LogP contribution in [0, 0.1) is 0 Å². The van der Waals surface area contributed by atoms with Crippen LogP contribution in [0.25, 0.3) is 0 Å². The number of carbonyl (C=O) groups is 3. The zero-order valence-corrected chi connectivity index (χ0v) is 18.3. The van der Waals surface area contributed by atoms with E-state index in [9.17, 15) is 14.4 Å². The number of unbranched alkanes of at least 4 members (excludes halogenated alkanes) is 9. The van der Waals surface area contributed by atoms with Gasteiger partial charge in [0.25, 0.3) is 0 Å². The topological polar surface area (TPSA) is 113 Å². The Morgan fingerprint density at radius 2 is 1.38 bits per heavy atom. The number of nitrogens with one attached hydrogen (secondary N) is 1. The molecule has 170 valence electrons. The SMILES string of the molecule is CCCCCCCCCC(=O)OC(CCCCCC)CN[C@H](CC(=O)O)C(=O)O. The molecule has 0 aliphatic rings. The molecule has 29 heavy (non-hydrogen) atoms. The zero-order valence-electron chi connectivity index (χ0n) is 18.3. The summed E-state index contributed by atoms with van der Waals surface area (Å²) in [5.41, 5.74) is 0. The van der Waals surface area contributed by atoms with Crippen molar-refractivity contribution in [3.05, 3.63) is 0 Å². The van der Waals surface area contributed by atoms with Crippen LogP contribution < -0.4 is 5.32 Å². The number of carboxylic acids is 2. The number of hydrogen-bond donors (Lipinski definition) is 3. The van der Waals surface area contributed by atoms with Gasteiger partial charge in [-0.3, -0.25) is 14.4 Å². The molecule has 0 saturated carbocycles. The fraction of sp³-hybridized carbons (Fsp3) is 0.864. The Morgan fingerprint density at radius 1 is 0.828 bits per heavy atom. The van der Waals surface area contributed by atoms with Crippen molar-refractivity contribution in [2.45, 2.75) is 116 Å².